The van der Waals surface area contributed by atoms with Gasteiger partial charge in [-0.3, -0.25) is 0 Å². The van der Waals surface area contributed by atoms with Crippen molar-refractivity contribution in [3.8, 4) is 0 Å². The summed E-state index contributed by atoms with van der Waals surface area (Å²) in [6, 6.07) is 0. The molecule has 0 heterocycles. The Bertz CT molecular complexity index is 219. The molecule has 2 saturated carbocycles. The fourth-order valence-electron chi connectivity index (χ4n) is 4.15. The summed E-state index contributed by atoms with van der Waals surface area (Å²) < 4.78 is 0. The Morgan fingerprint density at radius 1 is 0.368 bits per heavy atom. The summed E-state index contributed by atoms with van der Waals surface area (Å²) in [6.07, 6.45) is 4.34. The van der Waals surface area contributed by atoms with Crippen LogP contribution in [0, 0.1) is 47.3 Å². The normalized spacial score (nSPS) is 50.5. The molecule has 0 aromatic heterocycles. The van der Waals surface area contributed by atoms with Crippen LogP contribution in [0.4, 0.5) is 0 Å². The zero-order valence-electron chi connectivity index (χ0n) is 14.7. The summed E-state index contributed by atoms with van der Waals surface area (Å²) >= 11 is 0. The van der Waals surface area contributed by atoms with Gasteiger partial charge >= 0.3 is 0 Å². The standard InChI is InChI=1S/C10H20.C9H18/c1-7-5-9(3)10(4)6-8(7)2;1-6-5-7(2)9(4)8(6)3/h7-10H,5-6H2,1-4H3;6-9H,5H2,1-4H3. The smallest absolute Gasteiger partial charge is 0.0389 e. The molecule has 0 radical (unpaired) electrons. The van der Waals surface area contributed by atoms with Gasteiger partial charge in [-0.25, -0.2) is 0 Å². The monoisotopic (exact) mass is 266 g/mol. The number of hydrogen-bond acceptors (Lipinski definition) is 0. The predicted molar refractivity (Wildman–Crippen MR) is 87.2 cm³/mol. The zero-order valence-corrected chi connectivity index (χ0v) is 14.7. The van der Waals surface area contributed by atoms with Gasteiger partial charge in [0, 0.05) is 0 Å². The molecule has 2 aliphatic carbocycles. The second kappa shape index (κ2) is 7.14. The molecular weight excluding hydrogens is 228 g/mol. The lowest BCUT2D eigenvalue weighted by atomic mass is 9.71. The van der Waals surface area contributed by atoms with Crippen molar-refractivity contribution in [2.75, 3.05) is 0 Å². The Morgan fingerprint density at radius 3 is 0.737 bits per heavy atom. The Morgan fingerprint density at radius 2 is 0.579 bits per heavy atom. The van der Waals surface area contributed by atoms with Crippen LogP contribution in [0.5, 0.6) is 0 Å². The Hall–Kier alpha value is 0. The van der Waals surface area contributed by atoms with Crippen molar-refractivity contribution in [1.82, 2.24) is 0 Å². The van der Waals surface area contributed by atoms with E-state index in [4.69, 9.17) is 0 Å². The van der Waals surface area contributed by atoms with Gasteiger partial charge in [-0.15, -0.1) is 0 Å². The average Bonchev–Trinajstić information content (AvgIpc) is 2.55. The van der Waals surface area contributed by atoms with Crippen molar-refractivity contribution < 1.29 is 0 Å². The molecule has 2 fully saturated rings. The van der Waals surface area contributed by atoms with Crippen LogP contribution in [-0.2, 0) is 0 Å². The summed E-state index contributed by atoms with van der Waals surface area (Å²) in [7, 11) is 0. The predicted octanol–water partition coefficient (Wildman–Crippen LogP) is 6.26. The molecule has 0 N–H and O–H groups in total. The van der Waals surface area contributed by atoms with Gasteiger partial charge in [0.05, 0.1) is 0 Å². The maximum atomic E-state index is 2.40. The molecule has 114 valence electrons. The summed E-state index contributed by atoms with van der Waals surface area (Å²) in [5, 5.41) is 0. The first-order valence-corrected chi connectivity index (χ1v) is 8.73. The van der Waals surface area contributed by atoms with Crippen LogP contribution in [-0.4, -0.2) is 0 Å². The van der Waals surface area contributed by atoms with E-state index in [0.29, 0.717) is 0 Å². The highest BCUT2D eigenvalue weighted by Crippen LogP contribution is 2.40. The van der Waals surface area contributed by atoms with Crippen LogP contribution in [0.1, 0.15) is 74.7 Å². The molecule has 8 unspecified atom stereocenters. The lowest BCUT2D eigenvalue weighted by Gasteiger charge is -2.35. The molecule has 0 amide bonds. The van der Waals surface area contributed by atoms with Gasteiger partial charge in [0.2, 0.25) is 0 Å². The van der Waals surface area contributed by atoms with E-state index in [2.05, 4.69) is 55.4 Å². The van der Waals surface area contributed by atoms with E-state index in [1.165, 1.54) is 19.3 Å². The van der Waals surface area contributed by atoms with E-state index >= 15 is 0 Å². The largest absolute Gasteiger partial charge is 0.0622 e. The molecule has 0 aromatic carbocycles. The minimum Gasteiger partial charge on any atom is -0.0622 e. The van der Waals surface area contributed by atoms with Crippen LogP contribution in [0.15, 0.2) is 0 Å². The van der Waals surface area contributed by atoms with Crippen LogP contribution < -0.4 is 0 Å². The second-order valence-electron chi connectivity index (χ2n) is 8.29. The lowest BCUT2D eigenvalue weighted by Crippen LogP contribution is -2.25. The average molecular weight is 267 g/mol. The minimum atomic E-state index is 0.958. The van der Waals surface area contributed by atoms with Gasteiger partial charge in [0.25, 0.3) is 0 Å². The third-order valence-corrected chi connectivity index (χ3v) is 6.80. The molecule has 19 heavy (non-hydrogen) atoms. The molecule has 2 aliphatic rings. The van der Waals surface area contributed by atoms with Crippen molar-refractivity contribution in [3.63, 3.8) is 0 Å². The topological polar surface area (TPSA) is 0 Å². The zero-order chi connectivity index (χ0) is 14.7. The molecule has 0 bridgehead atoms. The van der Waals surface area contributed by atoms with Crippen LogP contribution in [0.25, 0.3) is 0 Å². The third-order valence-electron chi connectivity index (χ3n) is 6.80. The fraction of sp³-hybridized carbons (Fsp3) is 1.00. The van der Waals surface area contributed by atoms with Gasteiger partial charge < -0.3 is 0 Å². The minimum absolute atomic E-state index is 0.958. The molecule has 0 spiro atoms. The first-order valence-electron chi connectivity index (χ1n) is 8.73. The number of rotatable bonds is 0. The maximum Gasteiger partial charge on any atom is -0.0389 e. The van der Waals surface area contributed by atoms with Gasteiger partial charge in [-0.2, -0.15) is 0 Å². The molecule has 0 aliphatic heterocycles. The molecule has 0 heteroatoms. The van der Waals surface area contributed by atoms with Crippen molar-refractivity contribution in [2.24, 2.45) is 47.3 Å². The quantitative estimate of drug-likeness (QED) is 0.485. The van der Waals surface area contributed by atoms with Gasteiger partial charge in [-0.1, -0.05) is 55.4 Å². The summed E-state index contributed by atoms with van der Waals surface area (Å²) in [5.41, 5.74) is 0. The Kier molecular flexibility index (Phi) is 6.40. The van der Waals surface area contributed by atoms with Crippen molar-refractivity contribution in [2.45, 2.75) is 74.7 Å². The van der Waals surface area contributed by atoms with Crippen molar-refractivity contribution in [1.29, 1.82) is 0 Å². The molecule has 0 saturated heterocycles. The third kappa shape index (κ3) is 4.50. The Labute approximate surface area is 122 Å². The van der Waals surface area contributed by atoms with Crippen LogP contribution >= 0.6 is 0 Å². The van der Waals surface area contributed by atoms with Crippen LogP contribution in [0.3, 0.4) is 0 Å². The summed E-state index contributed by atoms with van der Waals surface area (Å²) in [6.45, 7) is 19.1. The molecule has 0 nitrogen and oxygen atoms in total. The van der Waals surface area contributed by atoms with Crippen LogP contribution in [0.2, 0.25) is 0 Å². The van der Waals surface area contributed by atoms with Crippen molar-refractivity contribution >= 4 is 0 Å². The summed E-state index contributed by atoms with van der Waals surface area (Å²) in [5.74, 6) is 7.71. The Balaban J connectivity index is 0.000000191. The lowest BCUT2D eigenvalue weighted by molar-refractivity contribution is 0.157. The van der Waals surface area contributed by atoms with E-state index in [0.717, 1.165) is 47.3 Å². The van der Waals surface area contributed by atoms with Gasteiger partial charge in [-0.05, 0) is 66.6 Å². The first-order chi connectivity index (χ1) is 8.73. The van der Waals surface area contributed by atoms with Gasteiger partial charge in [0.1, 0.15) is 0 Å². The highest BCUT2D eigenvalue weighted by molar-refractivity contribution is 4.81. The summed E-state index contributed by atoms with van der Waals surface area (Å²) in [4.78, 5) is 0. The van der Waals surface area contributed by atoms with E-state index in [9.17, 15) is 0 Å². The molecule has 0 aromatic rings. The van der Waals surface area contributed by atoms with Crippen molar-refractivity contribution in [3.05, 3.63) is 0 Å². The fourth-order valence-corrected chi connectivity index (χ4v) is 4.15. The molecular formula is C19H38. The van der Waals surface area contributed by atoms with E-state index in [1.807, 2.05) is 0 Å². The first kappa shape index (κ1) is 17.1. The highest BCUT2D eigenvalue weighted by atomic mass is 14.4. The highest BCUT2D eigenvalue weighted by Gasteiger charge is 2.31. The molecule has 2 rings (SSSR count). The molecule has 8 atom stereocenters. The maximum absolute atomic E-state index is 2.40. The van der Waals surface area contributed by atoms with Gasteiger partial charge in [0.15, 0.2) is 0 Å². The number of hydrogen-bond donors (Lipinski definition) is 0. The SMILES string of the molecule is CC1CC(C)C(C)C1C.CC1CC(C)C(C)CC1C. The second-order valence-corrected chi connectivity index (χ2v) is 8.29. The van der Waals surface area contributed by atoms with E-state index in [1.54, 1.807) is 0 Å². The van der Waals surface area contributed by atoms with E-state index in [-0.39, 0.29) is 0 Å². The van der Waals surface area contributed by atoms with E-state index < -0.39 is 0 Å².